The molecule has 36 heavy (non-hydrogen) atoms. The van der Waals surface area contributed by atoms with Crippen LogP contribution in [0.5, 0.6) is 0 Å². The highest BCUT2D eigenvalue weighted by Gasteiger charge is 2.29. The van der Waals surface area contributed by atoms with Gasteiger partial charge in [0.1, 0.15) is 18.2 Å². The smallest absolute Gasteiger partial charge is 0.438 e. The Balaban J connectivity index is 1.98. The molecule has 0 fully saturated rings. The van der Waals surface area contributed by atoms with Gasteiger partial charge in [-0.2, -0.15) is 0 Å². The van der Waals surface area contributed by atoms with Crippen LogP contribution in [0.4, 0.5) is 10.6 Å². The summed E-state index contributed by atoms with van der Waals surface area (Å²) in [5, 5.41) is 0. The van der Waals surface area contributed by atoms with Crippen molar-refractivity contribution in [2.75, 3.05) is 25.7 Å². The lowest BCUT2D eigenvalue weighted by molar-refractivity contribution is -0.156. The first-order valence-electron chi connectivity index (χ1n) is 11.5. The number of nitrogens with two attached hydrogens (primary N) is 1. The highest BCUT2D eigenvalue weighted by Crippen LogP contribution is 2.48. The van der Waals surface area contributed by atoms with E-state index in [1.165, 1.54) is 12.7 Å². The van der Waals surface area contributed by atoms with Crippen LogP contribution in [0.15, 0.2) is 12.7 Å². The van der Waals surface area contributed by atoms with Gasteiger partial charge in [0.25, 0.3) is 0 Å². The molecule has 0 saturated heterocycles. The fourth-order valence-corrected chi connectivity index (χ4v) is 4.07. The first-order chi connectivity index (χ1) is 17.1. The highest BCUT2D eigenvalue weighted by molar-refractivity contribution is 7.53. The number of rotatable bonds is 15. The van der Waals surface area contributed by atoms with Crippen molar-refractivity contribution in [3.05, 3.63) is 12.7 Å². The van der Waals surface area contributed by atoms with Crippen molar-refractivity contribution in [1.29, 1.82) is 0 Å². The predicted molar refractivity (Wildman–Crippen MR) is 128 cm³/mol. The second-order valence-electron chi connectivity index (χ2n) is 8.08. The molecule has 2 aromatic heterocycles. The molecule has 2 aromatic rings. The van der Waals surface area contributed by atoms with Crippen molar-refractivity contribution in [2.24, 2.45) is 5.92 Å². The maximum absolute atomic E-state index is 13.2. The number of imidazole rings is 1. The number of aromatic nitrogens is 4. The Morgan fingerprint density at radius 3 is 2.36 bits per heavy atom. The largest absolute Gasteiger partial charge is 0.510 e. The minimum absolute atomic E-state index is 0.248. The van der Waals surface area contributed by atoms with E-state index in [0.717, 1.165) is 0 Å². The Bertz CT molecular complexity index is 1040. The van der Waals surface area contributed by atoms with Crippen LogP contribution >= 0.6 is 7.60 Å². The molecule has 1 unspecified atom stereocenters. The van der Waals surface area contributed by atoms with Crippen molar-refractivity contribution in [3.63, 3.8) is 0 Å². The van der Waals surface area contributed by atoms with Gasteiger partial charge in [-0.3, -0.25) is 18.4 Å². The third-order valence-corrected chi connectivity index (χ3v) is 6.39. The number of carbonyl (C=O) groups is 2. The second-order valence-corrected chi connectivity index (χ2v) is 10.1. The molecule has 14 nitrogen and oxygen atoms in total. The van der Waals surface area contributed by atoms with Crippen molar-refractivity contribution < 1.29 is 42.1 Å². The Morgan fingerprint density at radius 1 is 1.06 bits per heavy atom. The zero-order chi connectivity index (χ0) is 26.7. The molecule has 0 spiro atoms. The van der Waals surface area contributed by atoms with E-state index in [4.69, 9.17) is 33.7 Å². The maximum Gasteiger partial charge on any atom is 0.510 e. The SMILES string of the molecule is CCC(CC)C(=O)OCOP(=O)(CO[C@H](C)Cn1cnc2c(N)ncnc21)OCOC(=O)OC(C)C. The molecule has 0 saturated carbocycles. The normalized spacial score (nSPS) is 14.1. The molecular formula is C21H34N5O9P. The van der Waals surface area contributed by atoms with Gasteiger partial charge in [-0.1, -0.05) is 13.8 Å². The van der Waals surface area contributed by atoms with Gasteiger partial charge in [0.15, 0.2) is 11.5 Å². The van der Waals surface area contributed by atoms with Crippen molar-refractivity contribution in [1.82, 2.24) is 19.5 Å². The summed E-state index contributed by atoms with van der Waals surface area (Å²) in [5.41, 5.74) is 6.77. The summed E-state index contributed by atoms with van der Waals surface area (Å²) in [5.74, 6) is -0.537. The molecule has 0 amide bonds. The number of nitrogens with zero attached hydrogens (tertiary/aromatic N) is 4. The van der Waals surface area contributed by atoms with E-state index in [0.29, 0.717) is 24.0 Å². The number of esters is 1. The number of hydrogen-bond acceptors (Lipinski definition) is 13. The van der Waals surface area contributed by atoms with Crippen molar-refractivity contribution in [3.8, 4) is 0 Å². The van der Waals surface area contributed by atoms with Crippen LogP contribution in [0.3, 0.4) is 0 Å². The Labute approximate surface area is 209 Å². The molecule has 15 heteroatoms. The number of anilines is 1. The van der Waals surface area contributed by atoms with Crippen LogP contribution in [-0.4, -0.2) is 63.8 Å². The molecule has 0 radical (unpaired) electrons. The van der Waals surface area contributed by atoms with E-state index in [1.54, 1.807) is 25.3 Å². The average molecular weight is 532 g/mol. The Hall–Kier alpha value is -2.80. The molecule has 0 aromatic carbocycles. The molecule has 0 bridgehead atoms. The van der Waals surface area contributed by atoms with Gasteiger partial charge >= 0.3 is 19.7 Å². The number of carbonyl (C=O) groups excluding carboxylic acids is 2. The number of hydrogen-bond donors (Lipinski definition) is 1. The Morgan fingerprint density at radius 2 is 1.72 bits per heavy atom. The minimum atomic E-state index is -4.02. The van der Waals surface area contributed by atoms with E-state index >= 15 is 0 Å². The molecule has 2 rings (SSSR count). The Kier molecular flexibility index (Phi) is 11.5. The molecule has 2 heterocycles. The average Bonchev–Trinajstić information content (AvgIpc) is 3.22. The monoisotopic (exact) mass is 531 g/mol. The number of fused-ring (bicyclic) bond motifs is 1. The molecule has 2 N–H and O–H groups in total. The number of nitrogen functional groups attached to an aromatic ring is 1. The molecule has 2 atom stereocenters. The van der Waals surface area contributed by atoms with Crippen LogP contribution < -0.4 is 5.73 Å². The molecule has 0 aliphatic carbocycles. The molecule has 0 aliphatic heterocycles. The fourth-order valence-electron chi connectivity index (χ4n) is 2.98. The first-order valence-corrected chi connectivity index (χ1v) is 13.2. The van der Waals surface area contributed by atoms with E-state index in [2.05, 4.69) is 15.0 Å². The summed E-state index contributed by atoms with van der Waals surface area (Å²) < 4.78 is 45.7. The topological polar surface area (TPSA) is 176 Å². The summed E-state index contributed by atoms with van der Waals surface area (Å²) in [6.07, 6.45) is 1.62. The van der Waals surface area contributed by atoms with Crippen LogP contribution in [0.25, 0.3) is 11.2 Å². The van der Waals surface area contributed by atoms with Gasteiger partial charge < -0.3 is 29.2 Å². The third-order valence-electron chi connectivity index (χ3n) is 4.93. The summed E-state index contributed by atoms with van der Waals surface area (Å²) in [7, 11) is -4.02. The standard InChI is InChI=1S/C21H34N5O9P/c1-6-16(7-2)20(27)30-11-33-36(29,34-12-31-21(28)35-14(3)4)13-32-15(5)8-26-10-25-17-18(22)23-9-24-19(17)26/h9-10,14-16H,6-8,11-13H2,1-5H3,(H2,22,23,24)/t15-,36?/m1/s1. The summed E-state index contributed by atoms with van der Waals surface area (Å²) in [6.45, 7) is 7.67. The van der Waals surface area contributed by atoms with Gasteiger partial charge in [-0.05, 0) is 33.6 Å². The van der Waals surface area contributed by atoms with Crippen LogP contribution in [-0.2, 0) is 43.9 Å². The molecular weight excluding hydrogens is 497 g/mol. The summed E-state index contributed by atoms with van der Waals surface area (Å²) >= 11 is 0. The fraction of sp³-hybridized carbons (Fsp3) is 0.667. The van der Waals surface area contributed by atoms with E-state index < -0.39 is 51.9 Å². The number of ether oxygens (including phenoxy) is 4. The lowest BCUT2D eigenvalue weighted by atomic mass is 10.0. The predicted octanol–water partition coefficient (Wildman–Crippen LogP) is 3.45. The third kappa shape index (κ3) is 9.01. The van der Waals surface area contributed by atoms with E-state index in [-0.39, 0.29) is 18.3 Å². The lowest BCUT2D eigenvalue weighted by Gasteiger charge is -2.21. The van der Waals surface area contributed by atoms with E-state index in [1.807, 2.05) is 13.8 Å². The zero-order valence-corrected chi connectivity index (χ0v) is 22.0. The second kappa shape index (κ2) is 14.1. The van der Waals surface area contributed by atoms with Crippen LogP contribution in [0.2, 0.25) is 0 Å². The highest BCUT2D eigenvalue weighted by atomic mass is 31.2. The van der Waals surface area contributed by atoms with Gasteiger partial charge in [0.05, 0.1) is 31.0 Å². The maximum atomic E-state index is 13.2. The van der Waals surface area contributed by atoms with Gasteiger partial charge in [-0.15, -0.1) is 0 Å². The van der Waals surface area contributed by atoms with Crippen molar-refractivity contribution >= 4 is 36.7 Å². The molecule has 202 valence electrons. The quantitative estimate of drug-likeness (QED) is 0.201. The van der Waals surface area contributed by atoms with Gasteiger partial charge in [0.2, 0.25) is 13.6 Å². The minimum Gasteiger partial charge on any atom is -0.438 e. The van der Waals surface area contributed by atoms with Crippen molar-refractivity contribution in [2.45, 2.75) is 66.2 Å². The van der Waals surface area contributed by atoms with Crippen LogP contribution in [0.1, 0.15) is 47.5 Å². The van der Waals surface area contributed by atoms with Crippen LogP contribution in [0, 0.1) is 5.92 Å². The van der Waals surface area contributed by atoms with Gasteiger partial charge in [0, 0.05) is 0 Å². The molecule has 0 aliphatic rings. The summed E-state index contributed by atoms with van der Waals surface area (Å²) in [4.78, 5) is 35.9. The zero-order valence-electron chi connectivity index (χ0n) is 21.1. The summed E-state index contributed by atoms with van der Waals surface area (Å²) in [6, 6.07) is 0. The first kappa shape index (κ1) is 29.4. The van der Waals surface area contributed by atoms with Gasteiger partial charge in [-0.25, -0.2) is 19.7 Å². The van der Waals surface area contributed by atoms with E-state index in [9.17, 15) is 14.2 Å². The lowest BCUT2D eigenvalue weighted by Crippen LogP contribution is -2.21.